The highest BCUT2D eigenvalue weighted by molar-refractivity contribution is 7.92. The molecule has 0 spiro atoms. The standard InChI is InChI=1S/C23H29N3O7S/c1-6-12-33-21-10-8-17(13-22(21)32-7-2)15-24-25-23(27)16-26(34(5,28)29)19-14-18(30-3)9-11-20(19)31-4/h6,8-11,13-15H,1,7,12,16H2,2-5H3,(H,25,27)/b24-15-. The Morgan fingerprint density at radius 3 is 2.44 bits per heavy atom. The molecule has 0 saturated carbocycles. The number of benzene rings is 2. The van der Waals surface area contributed by atoms with E-state index in [1.54, 1.807) is 36.4 Å². The Kier molecular flexibility index (Phi) is 9.75. The van der Waals surface area contributed by atoms with Crippen LogP contribution in [0.5, 0.6) is 23.0 Å². The fourth-order valence-electron chi connectivity index (χ4n) is 2.86. The van der Waals surface area contributed by atoms with E-state index in [0.717, 1.165) is 10.6 Å². The van der Waals surface area contributed by atoms with E-state index in [0.29, 0.717) is 36.0 Å². The molecule has 0 aliphatic carbocycles. The minimum atomic E-state index is -3.82. The number of anilines is 1. The zero-order chi connectivity index (χ0) is 25.1. The fraction of sp³-hybridized carbons (Fsp3) is 0.304. The maximum Gasteiger partial charge on any atom is 0.260 e. The molecular formula is C23H29N3O7S. The monoisotopic (exact) mass is 491 g/mol. The third-order valence-electron chi connectivity index (χ3n) is 4.37. The number of hydrogen-bond donors (Lipinski definition) is 1. The minimum Gasteiger partial charge on any atom is -0.497 e. The Balaban J connectivity index is 2.17. The molecule has 2 aromatic rings. The molecule has 0 aromatic heterocycles. The summed E-state index contributed by atoms with van der Waals surface area (Å²) in [6.07, 6.45) is 4.03. The maximum atomic E-state index is 12.5. The molecule has 2 aromatic carbocycles. The highest BCUT2D eigenvalue weighted by Crippen LogP contribution is 2.33. The molecule has 0 aliphatic heterocycles. The summed E-state index contributed by atoms with van der Waals surface area (Å²) in [6, 6.07) is 9.82. The number of hydrogen-bond acceptors (Lipinski definition) is 8. The van der Waals surface area contributed by atoms with E-state index in [4.69, 9.17) is 18.9 Å². The van der Waals surface area contributed by atoms with Gasteiger partial charge >= 0.3 is 0 Å². The Labute approximate surface area is 199 Å². The van der Waals surface area contributed by atoms with Crippen molar-refractivity contribution in [3.05, 3.63) is 54.6 Å². The van der Waals surface area contributed by atoms with Gasteiger partial charge in [0.2, 0.25) is 10.0 Å². The van der Waals surface area contributed by atoms with Crippen molar-refractivity contribution in [3.8, 4) is 23.0 Å². The molecule has 34 heavy (non-hydrogen) atoms. The van der Waals surface area contributed by atoms with Crippen molar-refractivity contribution < 1.29 is 32.2 Å². The van der Waals surface area contributed by atoms with Gasteiger partial charge in [-0.15, -0.1) is 0 Å². The van der Waals surface area contributed by atoms with Crippen molar-refractivity contribution in [2.75, 3.05) is 44.5 Å². The summed E-state index contributed by atoms with van der Waals surface area (Å²) in [4.78, 5) is 12.5. The number of nitrogens with zero attached hydrogens (tertiary/aromatic N) is 2. The first-order valence-corrected chi connectivity index (χ1v) is 12.1. The second kappa shape index (κ2) is 12.5. The molecule has 11 heteroatoms. The lowest BCUT2D eigenvalue weighted by molar-refractivity contribution is -0.119. The number of nitrogens with one attached hydrogen (secondary N) is 1. The van der Waals surface area contributed by atoms with E-state index in [9.17, 15) is 13.2 Å². The first-order chi connectivity index (χ1) is 16.2. The predicted molar refractivity (Wildman–Crippen MR) is 131 cm³/mol. The molecule has 10 nitrogen and oxygen atoms in total. The van der Waals surface area contributed by atoms with Crippen LogP contribution in [0.25, 0.3) is 0 Å². The van der Waals surface area contributed by atoms with Crippen LogP contribution in [0.4, 0.5) is 5.69 Å². The van der Waals surface area contributed by atoms with Crippen LogP contribution in [-0.2, 0) is 14.8 Å². The maximum absolute atomic E-state index is 12.5. The van der Waals surface area contributed by atoms with E-state index in [-0.39, 0.29) is 11.4 Å². The van der Waals surface area contributed by atoms with Crippen LogP contribution in [0.3, 0.4) is 0 Å². The summed E-state index contributed by atoms with van der Waals surface area (Å²) in [5, 5.41) is 3.93. The van der Waals surface area contributed by atoms with Gasteiger partial charge in [-0.1, -0.05) is 12.7 Å². The topological polar surface area (TPSA) is 116 Å². The Morgan fingerprint density at radius 1 is 1.09 bits per heavy atom. The van der Waals surface area contributed by atoms with Crippen molar-refractivity contribution in [2.45, 2.75) is 6.92 Å². The summed E-state index contributed by atoms with van der Waals surface area (Å²) >= 11 is 0. The molecule has 0 bridgehead atoms. The van der Waals surface area contributed by atoms with Crippen LogP contribution in [0, 0.1) is 0 Å². The van der Waals surface area contributed by atoms with Crippen LogP contribution in [0.15, 0.2) is 54.2 Å². The van der Waals surface area contributed by atoms with Crippen molar-refractivity contribution in [1.82, 2.24) is 5.43 Å². The van der Waals surface area contributed by atoms with Crippen molar-refractivity contribution in [1.29, 1.82) is 0 Å². The molecule has 0 heterocycles. The van der Waals surface area contributed by atoms with Gasteiger partial charge in [-0.3, -0.25) is 9.10 Å². The molecule has 0 aliphatic rings. The van der Waals surface area contributed by atoms with Gasteiger partial charge in [-0.05, 0) is 42.8 Å². The zero-order valence-corrected chi connectivity index (χ0v) is 20.4. The molecule has 0 fully saturated rings. The smallest absolute Gasteiger partial charge is 0.260 e. The van der Waals surface area contributed by atoms with Gasteiger partial charge in [0.05, 0.1) is 39.0 Å². The molecule has 1 N–H and O–H groups in total. The Bertz CT molecular complexity index is 1130. The normalized spacial score (nSPS) is 11.1. The number of carbonyl (C=O) groups excluding carboxylic acids is 1. The third-order valence-corrected chi connectivity index (χ3v) is 5.50. The quantitative estimate of drug-likeness (QED) is 0.260. The van der Waals surface area contributed by atoms with Crippen LogP contribution in [0.2, 0.25) is 0 Å². The van der Waals surface area contributed by atoms with Crippen molar-refractivity contribution in [2.24, 2.45) is 5.10 Å². The lowest BCUT2D eigenvalue weighted by atomic mass is 10.2. The summed E-state index contributed by atoms with van der Waals surface area (Å²) in [5.41, 5.74) is 3.15. The van der Waals surface area contributed by atoms with Gasteiger partial charge in [0.15, 0.2) is 11.5 Å². The van der Waals surface area contributed by atoms with Gasteiger partial charge in [-0.25, -0.2) is 13.8 Å². The summed E-state index contributed by atoms with van der Waals surface area (Å²) in [7, 11) is -0.970. The van der Waals surface area contributed by atoms with Gasteiger partial charge in [0.1, 0.15) is 24.7 Å². The number of methoxy groups -OCH3 is 2. The van der Waals surface area contributed by atoms with E-state index in [1.807, 2.05) is 6.92 Å². The molecule has 184 valence electrons. The first kappa shape index (κ1) is 26.5. The van der Waals surface area contributed by atoms with Gasteiger partial charge in [0.25, 0.3) is 5.91 Å². The largest absolute Gasteiger partial charge is 0.497 e. The fourth-order valence-corrected chi connectivity index (χ4v) is 3.71. The molecule has 2 rings (SSSR count). The lowest BCUT2D eigenvalue weighted by Gasteiger charge is -2.23. The molecule has 0 unspecified atom stereocenters. The second-order valence-corrected chi connectivity index (χ2v) is 8.75. The highest BCUT2D eigenvalue weighted by Gasteiger charge is 2.24. The van der Waals surface area contributed by atoms with Crippen LogP contribution in [-0.4, -0.2) is 60.8 Å². The molecule has 0 saturated heterocycles. The predicted octanol–water partition coefficient (Wildman–Crippen LogP) is 2.58. The number of ether oxygens (including phenoxy) is 4. The second-order valence-electron chi connectivity index (χ2n) is 6.84. The highest BCUT2D eigenvalue weighted by atomic mass is 32.2. The van der Waals surface area contributed by atoms with Gasteiger partial charge in [0, 0.05) is 6.07 Å². The first-order valence-electron chi connectivity index (χ1n) is 10.3. The summed E-state index contributed by atoms with van der Waals surface area (Å²) < 4.78 is 47.3. The number of hydrazone groups is 1. The Hall–Kier alpha value is -3.73. The van der Waals surface area contributed by atoms with Gasteiger partial charge in [-0.2, -0.15) is 5.10 Å². The van der Waals surface area contributed by atoms with E-state index in [2.05, 4.69) is 17.1 Å². The third kappa shape index (κ3) is 7.41. The molecule has 1 amide bonds. The molecule has 0 radical (unpaired) electrons. The average Bonchev–Trinajstić information content (AvgIpc) is 2.81. The van der Waals surface area contributed by atoms with Crippen LogP contribution in [0.1, 0.15) is 12.5 Å². The number of rotatable bonds is 13. The van der Waals surface area contributed by atoms with Crippen LogP contribution < -0.4 is 28.7 Å². The van der Waals surface area contributed by atoms with E-state index in [1.165, 1.54) is 26.5 Å². The Morgan fingerprint density at radius 2 is 1.82 bits per heavy atom. The SMILES string of the molecule is C=CCOc1ccc(/C=N\NC(=O)CN(c2cc(OC)ccc2OC)S(C)(=O)=O)cc1OCC. The number of carbonyl (C=O) groups is 1. The zero-order valence-electron chi connectivity index (χ0n) is 19.6. The summed E-state index contributed by atoms with van der Waals surface area (Å²) in [5.74, 6) is 1.10. The molecular weight excluding hydrogens is 462 g/mol. The van der Waals surface area contributed by atoms with E-state index < -0.39 is 22.5 Å². The lowest BCUT2D eigenvalue weighted by Crippen LogP contribution is -2.39. The number of sulfonamides is 1. The van der Waals surface area contributed by atoms with Crippen molar-refractivity contribution in [3.63, 3.8) is 0 Å². The summed E-state index contributed by atoms with van der Waals surface area (Å²) in [6.45, 7) is 5.73. The van der Waals surface area contributed by atoms with Gasteiger partial charge < -0.3 is 18.9 Å². The van der Waals surface area contributed by atoms with Crippen molar-refractivity contribution >= 4 is 27.8 Å². The van der Waals surface area contributed by atoms with Crippen LogP contribution >= 0.6 is 0 Å². The molecule has 0 atom stereocenters. The van der Waals surface area contributed by atoms with E-state index >= 15 is 0 Å². The minimum absolute atomic E-state index is 0.167. The average molecular weight is 492 g/mol. The number of amides is 1.